The number of aromatic nitrogens is 4. The Morgan fingerprint density at radius 2 is 2.10 bits per heavy atom. The first kappa shape index (κ1) is 14.2. The smallest absolute Gasteiger partial charge is 0.293 e. The lowest BCUT2D eigenvalue weighted by atomic mass is 9.96. The van der Waals surface area contributed by atoms with Gasteiger partial charge in [-0.3, -0.25) is 14.9 Å². The topological polar surface area (TPSA) is 74.8 Å². The lowest BCUT2D eigenvalue weighted by Crippen LogP contribution is -2.27. The van der Waals surface area contributed by atoms with E-state index in [2.05, 4.69) is 20.2 Å². The monoisotopic (exact) mass is 273 g/mol. The van der Waals surface area contributed by atoms with Crippen LogP contribution in [0.3, 0.4) is 0 Å². The van der Waals surface area contributed by atoms with Crippen molar-refractivity contribution in [1.29, 1.82) is 0 Å². The number of pyridine rings is 1. The van der Waals surface area contributed by atoms with Crippen molar-refractivity contribution >= 4 is 5.91 Å². The van der Waals surface area contributed by atoms with Crippen LogP contribution in [0.1, 0.15) is 42.9 Å². The second-order valence-corrected chi connectivity index (χ2v) is 5.74. The number of H-pyrrole nitrogens is 1. The van der Waals surface area contributed by atoms with Gasteiger partial charge in [-0.05, 0) is 12.1 Å². The SMILES string of the molecule is CN(Cc1ccccn1)C(=O)c1n[nH]c(C(C)(C)C)n1. The van der Waals surface area contributed by atoms with E-state index in [9.17, 15) is 4.79 Å². The Bertz CT molecular complexity index is 585. The number of aromatic amines is 1. The molecular weight excluding hydrogens is 254 g/mol. The molecule has 0 aliphatic carbocycles. The molecule has 0 fully saturated rings. The molecule has 2 aromatic rings. The summed E-state index contributed by atoms with van der Waals surface area (Å²) in [5.41, 5.74) is 0.667. The maximum Gasteiger partial charge on any atom is 0.293 e. The Hall–Kier alpha value is -2.24. The van der Waals surface area contributed by atoms with Gasteiger partial charge in [-0.1, -0.05) is 26.8 Å². The molecule has 20 heavy (non-hydrogen) atoms. The Morgan fingerprint density at radius 1 is 1.35 bits per heavy atom. The molecule has 0 spiro atoms. The summed E-state index contributed by atoms with van der Waals surface area (Å²) in [6.07, 6.45) is 1.71. The minimum atomic E-state index is -0.220. The van der Waals surface area contributed by atoms with Gasteiger partial charge in [0.2, 0.25) is 5.82 Å². The fraction of sp³-hybridized carbons (Fsp3) is 0.429. The molecule has 0 aliphatic rings. The number of nitrogens with zero attached hydrogens (tertiary/aromatic N) is 4. The van der Waals surface area contributed by atoms with Crippen molar-refractivity contribution < 1.29 is 4.79 Å². The van der Waals surface area contributed by atoms with Gasteiger partial charge in [-0.15, -0.1) is 5.10 Å². The van der Waals surface area contributed by atoms with Crippen LogP contribution in [0.15, 0.2) is 24.4 Å². The van der Waals surface area contributed by atoms with Crippen molar-refractivity contribution in [2.45, 2.75) is 32.7 Å². The molecule has 106 valence electrons. The highest BCUT2D eigenvalue weighted by Gasteiger charge is 2.23. The number of carbonyl (C=O) groups excluding carboxylic acids is 1. The number of hydrogen-bond acceptors (Lipinski definition) is 4. The second kappa shape index (κ2) is 5.40. The second-order valence-electron chi connectivity index (χ2n) is 5.74. The lowest BCUT2D eigenvalue weighted by molar-refractivity contribution is 0.0771. The van der Waals surface area contributed by atoms with Crippen molar-refractivity contribution in [2.75, 3.05) is 7.05 Å². The van der Waals surface area contributed by atoms with E-state index in [1.54, 1.807) is 18.1 Å². The van der Waals surface area contributed by atoms with E-state index in [1.807, 2.05) is 39.0 Å². The zero-order valence-corrected chi connectivity index (χ0v) is 12.2. The van der Waals surface area contributed by atoms with Gasteiger partial charge >= 0.3 is 0 Å². The van der Waals surface area contributed by atoms with Gasteiger partial charge in [-0.25, -0.2) is 4.98 Å². The molecule has 6 nitrogen and oxygen atoms in total. The highest BCUT2D eigenvalue weighted by Crippen LogP contribution is 2.17. The highest BCUT2D eigenvalue weighted by atomic mass is 16.2. The van der Waals surface area contributed by atoms with Crippen LogP contribution in [0.25, 0.3) is 0 Å². The molecule has 0 saturated heterocycles. The average molecular weight is 273 g/mol. The Balaban J connectivity index is 2.09. The van der Waals surface area contributed by atoms with Crippen molar-refractivity contribution in [3.8, 4) is 0 Å². The van der Waals surface area contributed by atoms with E-state index in [-0.39, 0.29) is 17.1 Å². The van der Waals surface area contributed by atoms with Gasteiger partial charge in [0.25, 0.3) is 5.91 Å². The first-order chi connectivity index (χ1) is 9.38. The summed E-state index contributed by atoms with van der Waals surface area (Å²) in [4.78, 5) is 22.3. The summed E-state index contributed by atoms with van der Waals surface area (Å²) in [7, 11) is 1.71. The van der Waals surface area contributed by atoms with Crippen molar-refractivity contribution in [1.82, 2.24) is 25.1 Å². The maximum absolute atomic E-state index is 12.2. The number of carbonyl (C=O) groups is 1. The predicted molar refractivity (Wildman–Crippen MR) is 75.1 cm³/mol. The molecule has 2 aromatic heterocycles. The molecule has 1 amide bonds. The molecule has 0 bridgehead atoms. The first-order valence-corrected chi connectivity index (χ1v) is 6.46. The van der Waals surface area contributed by atoms with Gasteiger partial charge in [0.1, 0.15) is 5.82 Å². The van der Waals surface area contributed by atoms with Crippen LogP contribution in [0.4, 0.5) is 0 Å². The zero-order valence-electron chi connectivity index (χ0n) is 12.2. The predicted octanol–water partition coefficient (Wildman–Crippen LogP) is 1.77. The standard InChI is InChI=1S/C14H19N5O/c1-14(2,3)13-16-11(17-18-13)12(20)19(4)9-10-7-5-6-8-15-10/h5-8H,9H2,1-4H3,(H,16,17,18). The molecule has 0 atom stereocenters. The third-order valence-corrected chi connectivity index (χ3v) is 2.86. The van der Waals surface area contributed by atoms with Crippen LogP contribution in [-0.4, -0.2) is 38.0 Å². The quantitative estimate of drug-likeness (QED) is 0.924. The maximum atomic E-state index is 12.2. The van der Waals surface area contributed by atoms with Gasteiger partial charge < -0.3 is 4.90 Å². The van der Waals surface area contributed by atoms with E-state index >= 15 is 0 Å². The molecule has 0 aliphatic heterocycles. The van der Waals surface area contributed by atoms with Gasteiger partial charge in [-0.2, -0.15) is 0 Å². The molecule has 2 rings (SSSR count). The number of amides is 1. The number of rotatable bonds is 3. The first-order valence-electron chi connectivity index (χ1n) is 6.46. The van der Waals surface area contributed by atoms with Gasteiger partial charge in [0.15, 0.2) is 0 Å². The normalized spacial score (nSPS) is 11.4. The lowest BCUT2D eigenvalue weighted by Gasteiger charge is -2.15. The van der Waals surface area contributed by atoms with Crippen LogP contribution < -0.4 is 0 Å². The third kappa shape index (κ3) is 3.20. The van der Waals surface area contributed by atoms with E-state index in [4.69, 9.17) is 0 Å². The highest BCUT2D eigenvalue weighted by molar-refractivity contribution is 5.90. The van der Waals surface area contributed by atoms with Crippen molar-refractivity contribution in [3.05, 3.63) is 41.7 Å². The van der Waals surface area contributed by atoms with Crippen LogP contribution >= 0.6 is 0 Å². The van der Waals surface area contributed by atoms with Crippen LogP contribution in [-0.2, 0) is 12.0 Å². The summed E-state index contributed by atoms with van der Waals surface area (Å²) in [5.74, 6) is 0.669. The Kier molecular flexibility index (Phi) is 3.83. The molecule has 0 saturated carbocycles. The molecule has 0 radical (unpaired) electrons. The summed E-state index contributed by atoms with van der Waals surface area (Å²) in [5, 5.41) is 6.82. The third-order valence-electron chi connectivity index (χ3n) is 2.86. The molecule has 0 unspecified atom stereocenters. The van der Waals surface area contributed by atoms with Crippen LogP contribution in [0.2, 0.25) is 0 Å². The minimum Gasteiger partial charge on any atom is -0.333 e. The van der Waals surface area contributed by atoms with E-state index in [1.165, 1.54) is 0 Å². The fourth-order valence-corrected chi connectivity index (χ4v) is 1.67. The molecule has 6 heteroatoms. The largest absolute Gasteiger partial charge is 0.333 e. The van der Waals surface area contributed by atoms with Gasteiger partial charge in [0, 0.05) is 18.7 Å². The fourth-order valence-electron chi connectivity index (χ4n) is 1.67. The summed E-state index contributed by atoms with van der Waals surface area (Å²) >= 11 is 0. The molecular formula is C14H19N5O. The average Bonchev–Trinajstić information content (AvgIpc) is 2.88. The summed E-state index contributed by atoms with van der Waals surface area (Å²) < 4.78 is 0. The Labute approximate surface area is 118 Å². The molecule has 0 aromatic carbocycles. The van der Waals surface area contributed by atoms with Crippen molar-refractivity contribution in [3.63, 3.8) is 0 Å². The zero-order chi connectivity index (χ0) is 14.8. The van der Waals surface area contributed by atoms with Crippen LogP contribution in [0, 0.1) is 0 Å². The van der Waals surface area contributed by atoms with E-state index < -0.39 is 0 Å². The van der Waals surface area contributed by atoms with E-state index in [0.29, 0.717) is 12.4 Å². The Morgan fingerprint density at radius 3 is 2.65 bits per heavy atom. The number of hydrogen-bond donors (Lipinski definition) is 1. The van der Waals surface area contributed by atoms with Gasteiger partial charge in [0.05, 0.1) is 12.2 Å². The van der Waals surface area contributed by atoms with Crippen LogP contribution in [0.5, 0.6) is 0 Å². The van der Waals surface area contributed by atoms with Crippen molar-refractivity contribution in [2.24, 2.45) is 0 Å². The molecule has 1 N–H and O–H groups in total. The summed E-state index contributed by atoms with van der Waals surface area (Å²) in [6, 6.07) is 5.61. The molecule has 2 heterocycles. The number of nitrogens with one attached hydrogen (secondary N) is 1. The minimum absolute atomic E-state index is 0.162. The summed E-state index contributed by atoms with van der Waals surface area (Å²) in [6.45, 7) is 6.47. The van der Waals surface area contributed by atoms with E-state index in [0.717, 1.165) is 5.69 Å².